The number of aliphatic hydroxyl groups excluding tert-OH is 1. The minimum atomic E-state index is -1.14. The van der Waals surface area contributed by atoms with E-state index in [1.807, 2.05) is 66.7 Å². The predicted molar refractivity (Wildman–Crippen MR) is 199 cm³/mol. The highest BCUT2D eigenvalue weighted by atomic mass is 16.5. The van der Waals surface area contributed by atoms with E-state index in [0.29, 0.717) is 54.1 Å². The van der Waals surface area contributed by atoms with Gasteiger partial charge in [-0.3, -0.25) is 9.59 Å². The summed E-state index contributed by atoms with van der Waals surface area (Å²) < 4.78 is 11.9. The van der Waals surface area contributed by atoms with Crippen LogP contribution in [0.4, 0.5) is 4.79 Å². The second-order valence-electron chi connectivity index (χ2n) is 12.5. The Morgan fingerprint density at radius 1 is 0.868 bits per heavy atom. The lowest BCUT2D eigenvalue weighted by atomic mass is 9.99. The number of nitrogens with zero attached hydrogens (tertiary/aromatic N) is 1. The van der Waals surface area contributed by atoms with Crippen molar-refractivity contribution < 1.29 is 34.1 Å². The average molecular weight is 717 g/mol. The minimum Gasteiger partial charge on any atom is -0.506 e. The number of phenolic OH excluding ortho intramolecular Hbond substituents is 1. The molecular weight excluding hydrogens is 676 g/mol. The summed E-state index contributed by atoms with van der Waals surface area (Å²) in [4.78, 5) is 41.4. The van der Waals surface area contributed by atoms with Gasteiger partial charge in [0, 0.05) is 31.1 Å². The van der Waals surface area contributed by atoms with E-state index >= 15 is 0 Å². The number of hydrogen-bond donors (Lipinski definition) is 6. The smallest absolute Gasteiger partial charge is 0.405 e. The van der Waals surface area contributed by atoms with Crippen molar-refractivity contribution in [3.05, 3.63) is 165 Å². The summed E-state index contributed by atoms with van der Waals surface area (Å²) in [7, 11) is 0. The molecule has 0 spiro atoms. The third kappa shape index (κ3) is 9.50. The zero-order valence-corrected chi connectivity index (χ0v) is 28.8. The number of aromatic hydroxyl groups is 1. The molecule has 0 unspecified atom stereocenters. The van der Waals surface area contributed by atoms with Crippen LogP contribution in [0.25, 0.3) is 10.9 Å². The van der Waals surface area contributed by atoms with E-state index in [4.69, 9.17) is 9.15 Å². The van der Waals surface area contributed by atoms with Gasteiger partial charge in [0.2, 0.25) is 5.56 Å². The van der Waals surface area contributed by atoms with E-state index in [9.17, 15) is 29.7 Å². The highest BCUT2D eigenvalue weighted by Gasteiger charge is 2.21. The van der Waals surface area contributed by atoms with Crippen LogP contribution in [0.5, 0.6) is 11.5 Å². The number of phenols is 1. The van der Waals surface area contributed by atoms with E-state index < -0.39 is 18.2 Å². The van der Waals surface area contributed by atoms with Crippen LogP contribution in [0.1, 0.15) is 57.1 Å². The average Bonchev–Trinajstić information content (AvgIpc) is 3.65. The van der Waals surface area contributed by atoms with Gasteiger partial charge in [0.15, 0.2) is 5.76 Å². The zero-order valence-electron chi connectivity index (χ0n) is 28.8. The summed E-state index contributed by atoms with van der Waals surface area (Å²) in [6.45, 7) is 1.56. The summed E-state index contributed by atoms with van der Waals surface area (Å²) in [5, 5.41) is 36.9. The van der Waals surface area contributed by atoms with Crippen molar-refractivity contribution in [1.82, 2.24) is 20.5 Å². The lowest BCUT2D eigenvalue weighted by molar-refractivity contribution is 0.0704. The van der Waals surface area contributed by atoms with Crippen LogP contribution in [0, 0.1) is 0 Å². The fraction of sp³-hybridized carbons (Fsp3) is 0.195. The van der Waals surface area contributed by atoms with E-state index in [2.05, 4.69) is 15.6 Å². The monoisotopic (exact) mass is 716 g/mol. The molecule has 6 aromatic rings. The largest absolute Gasteiger partial charge is 0.506 e. The second kappa shape index (κ2) is 17.2. The predicted octanol–water partition coefficient (Wildman–Crippen LogP) is 6.12. The quantitative estimate of drug-likeness (QED) is 0.0645. The summed E-state index contributed by atoms with van der Waals surface area (Å²) >= 11 is 0. The molecule has 12 nitrogen and oxygen atoms in total. The molecule has 0 fully saturated rings. The molecule has 2 amide bonds. The van der Waals surface area contributed by atoms with Gasteiger partial charge in [-0.15, -0.1) is 0 Å². The number of pyridine rings is 1. The number of furan rings is 1. The molecular formula is C41H40N4O8. The maximum Gasteiger partial charge on any atom is 0.405 e. The molecule has 12 heteroatoms. The van der Waals surface area contributed by atoms with E-state index in [0.717, 1.165) is 11.1 Å². The highest BCUT2D eigenvalue weighted by molar-refractivity contribution is 5.91. The number of H-pyrrole nitrogens is 1. The molecule has 2 aromatic heterocycles. The maximum atomic E-state index is 13.7. The Hall–Kier alpha value is -6.37. The first-order chi connectivity index (χ1) is 25.7. The fourth-order valence-electron chi connectivity index (χ4n) is 6.14. The summed E-state index contributed by atoms with van der Waals surface area (Å²) in [5.41, 5.74) is 2.95. The highest BCUT2D eigenvalue weighted by Crippen LogP contribution is 2.29. The molecule has 53 heavy (non-hydrogen) atoms. The van der Waals surface area contributed by atoms with Crippen LogP contribution in [0.15, 0.2) is 131 Å². The molecule has 6 rings (SSSR count). The molecule has 272 valence electrons. The van der Waals surface area contributed by atoms with Gasteiger partial charge in [-0.05, 0) is 71.6 Å². The van der Waals surface area contributed by atoms with E-state index in [1.54, 1.807) is 47.4 Å². The molecule has 0 saturated carbocycles. The molecule has 4 aromatic carbocycles. The topological polar surface area (TPSA) is 177 Å². The third-order valence-electron chi connectivity index (χ3n) is 8.73. The van der Waals surface area contributed by atoms with Crippen molar-refractivity contribution in [3.63, 3.8) is 0 Å². The van der Waals surface area contributed by atoms with Gasteiger partial charge in [0.1, 0.15) is 23.9 Å². The molecule has 0 radical (unpaired) electrons. The number of aliphatic hydroxyl groups is 1. The first-order valence-corrected chi connectivity index (χ1v) is 17.2. The number of carbonyl (C=O) groups excluding carboxylic acids is 1. The normalized spacial score (nSPS) is 12.2. The summed E-state index contributed by atoms with van der Waals surface area (Å²) in [6, 6.07) is 34.8. The van der Waals surface area contributed by atoms with Crippen molar-refractivity contribution in [2.24, 2.45) is 0 Å². The molecule has 0 aliphatic heterocycles. The molecule has 0 aliphatic carbocycles. The number of aromatic amines is 1. The Labute approximate surface area is 305 Å². The minimum absolute atomic E-state index is 0.0520. The van der Waals surface area contributed by atoms with Gasteiger partial charge in [0.25, 0.3) is 5.91 Å². The number of amides is 2. The third-order valence-corrected chi connectivity index (χ3v) is 8.73. The number of aromatic nitrogens is 1. The zero-order chi connectivity index (χ0) is 37.2. The summed E-state index contributed by atoms with van der Waals surface area (Å²) in [6.07, 6.45) is -1.46. The number of carbonyl (C=O) groups is 2. The van der Waals surface area contributed by atoms with Gasteiger partial charge in [-0.1, -0.05) is 78.9 Å². The number of rotatable bonds is 16. The van der Waals surface area contributed by atoms with Gasteiger partial charge in [-0.25, -0.2) is 4.79 Å². The molecule has 6 N–H and O–H groups in total. The lowest BCUT2D eigenvalue weighted by Gasteiger charge is -2.22. The number of benzene rings is 4. The van der Waals surface area contributed by atoms with Crippen molar-refractivity contribution in [2.75, 3.05) is 19.6 Å². The van der Waals surface area contributed by atoms with Crippen LogP contribution in [0.3, 0.4) is 0 Å². The van der Waals surface area contributed by atoms with Gasteiger partial charge in [0.05, 0.1) is 17.7 Å². The second-order valence-corrected chi connectivity index (χ2v) is 12.5. The van der Waals surface area contributed by atoms with Crippen LogP contribution >= 0.6 is 0 Å². The maximum absolute atomic E-state index is 13.7. The Kier molecular flexibility index (Phi) is 11.8. The van der Waals surface area contributed by atoms with Crippen molar-refractivity contribution in [1.29, 1.82) is 0 Å². The summed E-state index contributed by atoms with van der Waals surface area (Å²) in [5.74, 6) is 0.775. The first kappa shape index (κ1) is 36.4. The van der Waals surface area contributed by atoms with Gasteiger partial charge in [-0.2, -0.15) is 0 Å². The number of ether oxygens (including phenoxy) is 1. The molecule has 2 heterocycles. The van der Waals surface area contributed by atoms with Gasteiger partial charge < -0.3 is 45.0 Å². The van der Waals surface area contributed by atoms with E-state index in [-0.39, 0.29) is 41.6 Å². The molecule has 0 saturated heterocycles. The Bertz CT molecular complexity index is 2200. The van der Waals surface area contributed by atoms with Crippen LogP contribution in [-0.4, -0.2) is 56.8 Å². The number of carboxylic acid groups (broad SMARTS) is 1. The fourth-order valence-corrected chi connectivity index (χ4v) is 6.14. The standard InChI is InChI=1S/C41H40N4O8/c46-34-18-16-32(33-17-20-37(48)43-39(33)34)35(47)24-42-21-8-22-45(25-27-9-3-1-4-10-27)40(49)36-19-15-31(53-36)26-52-30-14-7-13-29(23-30)38(44-41(50)51)28-11-5-2-6-12-28/h1-7,9-20,23,35,38,42,44,46-47H,8,21-22,24-26H2,(H,43,48)(H,50,51)/t35-,38-/m0/s1. The lowest BCUT2D eigenvalue weighted by Crippen LogP contribution is -2.33. The van der Waals surface area contributed by atoms with Gasteiger partial charge >= 0.3 is 6.09 Å². The van der Waals surface area contributed by atoms with Crippen molar-refractivity contribution in [3.8, 4) is 11.5 Å². The van der Waals surface area contributed by atoms with Crippen LogP contribution < -0.4 is 20.9 Å². The number of fused-ring (bicyclic) bond motifs is 1. The Morgan fingerprint density at radius 3 is 2.40 bits per heavy atom. The Morgan fingerprint density at radius 2 is 1.62 bits per heavy atom. The van der Waals surface area contributed by atoms with Crippen molar-refractivity contribution in [2.45, 2.75) is 31.7 Å². The number of nitrogens with one attached hydrogen (secondary N) is 3. The molecule has 2 atom stereocenters. The van der Waals surface area contributed by atoms with Crippen LogP contribution in [-0.2, 0) is 13.2 Å². The Balaban J connectivity index is 1.06. The molecule has 0 aliphatic rings. The van der Waals surface area contributed by atoms with E-state index in [1.165, 1.54) is 12.1 Å². The molecule has 0 bridgehead atoms. The SMILES string of the molecule is O=C(O)N[C@@H](c1ccccc1)c1cccc(OCc2ccc(C(=O)N(CCCNC[C@H](O)c3ccc(O)c4[nH]c(=O)ccc34)Cc3ccccc3)o2)c1. The number of hydrogen-bond acceptors (Lipinski definition) is 8. The van der Waals surface area contributed by atoms with Crippen molar-refractivity contribution >= 4 is 22.9 Å². The van der Waals surface area contributed by atoms with Crippen LogP contribution in [0.2, 0.25) is 0 Å². The first-order valence-electron chi connectivity index (χ1n) is 17.2.